The Labute approximate surface area is 164 Å². The molecule has 3 amide bonds. The lowest BCUT2D eigenvalue weighted by atomic mass is 10.1. The Hall–Kier alpha value is -2.90. The first-order valence-electron chi connectivity index (χ1n) is 9.19. The maximum absolute atomic E-state index is 12.5. The Morgan fingerprint density at radius 1 is 1.18 bits per heavy atom. The van der Waals surface area contributed by atoms with Crippen LogP contribution in [0.25, 0.3) is 0 Å². The van der Waals surface area contributed by atoms with E-state index in [4.69, 9.17) is 9.47 Å². The number of alkyl carbamates (subject to hydrolysis) is 1. The molecule has 1 N–H and O–H groups in total. The van der Waals surface area contributed by atoms with E-state index in [2.05, 4.69) is 5.32 Å². The number of β-lactam (4-membered cyclic amide) rings is 1. The molecule has 1 aliphatic rings. The Morgan fingerprint density at radius 2 is 1.86 bits per heavy atom. The molecule has 0 radical (unpaired) electrons. The molecule has 1 heterocycles. The van der Waals surface area contributed by atoms with E-state index >= 15 is 0 Å². The monoisotopic (exact) mass is 390 g/mol. The third-order valence-electron chi connectivity index (χ3n) is 4.00. The molecule has 152 valence electrons. The van der Waals surface area contributed by atoms with Gasteiger partial charge in [-0.15, -0.1) is 0 Å². The van der Waals surface area contributed by atoms with Gasteiger partial charge < -0.3 is 14.8 Å². The summed E-state index contributed by atoms with van der Waals surface area (Å²) >= 11 is 0. The van der Waals surface area contributed by atoms with Crippen molar-refractivity contribution in [1.29, 1.82) is 0 Å². The lowest BCUT2D eigenvalue weighted by Crippen LogP contribution is -2.49. The summed E-state index contributed by atoms with van der Waals surface area (Å²) in [5.41, 5.74) is 0.0664. The molecule has 1 saturated heterocycles. The number of nitrogens with one attached hydrogen (secondary N) is 1. The summed E-state index contributed by atoms with van der Waals surface area (Å²) in [6.07, 6.45) is -0.478. The number of benzene rings is 1. The predicted molar refractivity (Wildman–Crippen MR) is 100.0 cm³/mol. The number of ether oxygens (including phenoxy) is 2. The van der Waals surface area contributed by atoms with E-state index in [1.165, 1.54) is 0 Å². The third kappa shape index (κ3) is 6.68. The minimum Gasteiger partial charge on any atom is -0.459 e. The number of likely N-dealkylation sites (tertiary alicyclic amines) is 1. The van der Waals surface area contributed by atoms with E-state index in [0.29, 0.717) is 13.0 Å². The molecule has 1 aromatic carbocycles. The summed E-state index contributed by atoms with van der Waals surface area (Å²) < 4.78 is 10.5. The summed E-state index contributed by atoms with van der Waals surface area (Å²) in [5.74, 6) is -1.27. The summed E-state index contributed by atoms with van der Waals surface area (Å²) in [6.45, 7) is 5.54. The number of esters is 1. The van der Waals surface area contributed by atoms with Gasteiger partial charge in [0.25, 0.3) is 0 Å². The van der Waals surface area contributed by atoms with Crippen LogP contribution in [-0.4, -0.2) is 47.0 Å². The van der Waals surface area contributed by atoms with Gasteiger partial charge in [0.1, 0.15) is 18.2 Å². The SMILES string of the molecule is CC(C)(C)OC(=O)N[C@@H](CCC(=O)N1CCC1=O)C(=O)OCc1ccccc1. The number of hydrogen-bond donors (Lipinski definition) is 1. The zero-order chi connectivity index (χ0) is 20.7. The van der Waals surface area contributed by atoms with Crippen molar-refractivity contribution in [3.05, 3.63) is 35.9 Å². The van der Waals surface area contributed by atoms with Crippen LogP contribution in [0.5, 0.6) is 0 Å². The van der Waals surface area contributed by atoms with Gasteiger partial charge in [-0.1, -0.05) is 30.3 Å². The van der Waals surface area contributed by atoms with Gasteiger partial charge in [-0.2, -0.15) is 0 Å². The molecule has 0 aliphatic carbocycles. The van der Waals surface area contributed by atoms with Crippen LogP contribution in [0.2, 0.25) is 0 Å². The van der Waals surface area contributed by atoms with Crippen LogP contribution in [-0.2, 0) is 30.5 Å². The average Bonchev–Trinajstić information content (AvgIpc) is 2.61. The molecular weight excluding hydrogens is 364 g/mol. The zero-order valence-corrected chi connectivity index (χ0v) is 16.4. The lowest BCUT2D eigenvalue weighted by molar-refractivity contribution is -0.152. The maximum atomic E-state index is 12.5. The van der Waals surface area contributed by atoms with Crippen molar-refractivity contribution in [3.63, 3.8) is 0 Å². The van der Waals surface area contributed by atoms with Crippen molar-refractivity contribution in [2.75, 3.05) is 6.54 Å². The smallest absolute Gasteiger partial charge is 0.408 e. The highest BCUT2D eigenvalue weighted by atomic mass is 16.6. The standard InChI is InChI=1S/C20H26N2O6/c1-20(2,3)28-19(26)21-15(9-10-16(23)22-12-11-17(22)24)18(25)27-13-14-7-5-4-6-8-14/h4-8,15H,9-13H2,1-3H3,(H,21,26)/t15-/m0/s1. The van der Waals surface area contributed by atoms with Crippen molar-refractivity contribution in [2.24, 2.45) is 0 Å². The van der Waals surface area contributed by atoms with Crippen molar-refractivity contribution in [2.45, 2.75) is 58.3 Å². The molecule has 0 spiro atoms. The van der Waals surface area contributed by atoms with Gasteiger partial charge in [-0.25, -0.2) is 9.59 Å². The number of amides is 3. The van der Waals surface area contributed by atoms with E-state index < -0.39 is 23.7 Å². The van der Waals surface area contributed by atoms with Crippen LogP contribution in [0.15, 0.2) is 30.3 Å². The molecular formula is C20H26N2O6. The number of carbonyl (C=O) groups excluding carboxylic acids is 4. The number of hydrogen-bond acceptors (Lipinski definition) is 6. The van der Waals surface area contributed by atoms with Crippen molar-refractivity contribution in [1.82, 2.24) is 10.2 Å². The van der Waals surface area contributed by atoms with E-state index in [1.807, 2.05) is 30.3 Å². The van der Waals surface area contributed by atoms with E-state index in [1.54, 1.807) is 20.8 Å². The second-order valence-electron chi connectivity index (χ2n) is 7.52. The highest BCUT2D eigenvalue weighted by Crippen LogP contribution is 2.14. The van der Waals surface area contributed by atoms with Gasteiger partial charge in [-0.3, -0.25) is 14.5 Å². The van der Waals surface area contributed by atoms with Crippen LogP contribution >= 0.6 is 0 Å². The van der Waals surface area contributed by atoms with Gasteiger partial charge in [-0.05, 0) is 32.8 Å². The molecule has 1 fully saturated rings. The fourth-order valence-electron chi connectivity index (χ4n) is 2.51. The van der Waals surface area contributed by atoms with Crippen LogP contribution in [0.4, 0.5) is 4.79 Å². The average molecular weight is 390 g/mol. The highest BCUT2D eigenvalue weighted by Gasteiger charge is 2.32. The van der Waals surface area contributed by atoms with Gasteiger partial charge in [0, 0.05) is 19.4 Å². The minimum atomic E-state index is -1.06. The molecule has 0 unspecified atom stereocenters. The largest absolute Gasteiger partial charge is 0.459 e. The second-order valence-corrected chi connectivity index (χ2v) is 7.52. The summed E-state index contributed by atoms with van der Waals surface area (Å²) in [4.78, 5) is 49.1. The molecule has 28 heavy (non-hydrogen) atoms. The van der Waals surface area contributed by atoms with Gasteiger partial charge >= 0.3 is 12.1 Å². The van der Waals surface area contributed by atoms with E-state index in [-0.39, 0.29) is 31.3 Å². The van der Waals surface area contributed by atoms with Crippen molar-refractivity contribution in [3.8, 4) is 0 Å². The first kappa shape index (κ1) is 21.4. The molecule has 1 atom stereocenters. The molecule has 0 saturated carbocycles. The fourth-order valence-corrected chi connectivity index (χ4v) is 2.51. The molecule has 1 aromatic rings. The number of rotatable bonds is 7. The van der Waals surface area contributed by atoms with Crippen molar-refractivity contribution < 1.29 is 28.7 Å². The summed E-state index contributed by atoms with van der Waals surface area (Å²) in [6, 6.07) is 8.05. The topological polar surface area (TPSA) is 102 Å². The quantitative estimate of drug-likeness (QED) is 0.565. The van der Waals surface area contributed by atoms with Gasteiger partial charge in [0.15, 0.2) is 0 Å². The summed E-state index contributed by atoms with van der Waals surface area (Å²) in [5, 5.41) is 2.46. The molecule has 8 nitrogen and oxygen atoms in total. The Bertz CT molecular complexity index is 726. The lowest BCUT2D eigenvalue weighted by Gasteiger charge is -2.29. The highest BCUT2D eigenvalue weighted by molar-refractivity contribution is 5.99. The number of carbonyl (C=O) groups is 4. The van der Waals surface area contributed by atoms with E-state index in [0.717, 1.165) is 10.5 Å². The minimum absolute atomic E-state index is 0.00940. The molecule has 0 aromatic heterocycles. The van der Waals surface area contributed by atoms with Crippen LogP contribution in [0.3, 0.4) is 0 Å². The van der Waals surface area contributed by atoms with Crippen LogP contribution in [0, 0.1) is 0 Å². The van der Waals surface area contributed by atoms with Gasteiger partial charge in [0.2, 0.25) is 11.8 Å². The normalized spacial score (nSPS) is 14.7. The molecule has 8 heteroatoms. The molecule has 2 rings (SSSR count). The maximum Gasteiger partial charge on any atom is 0.408 e. The second kappa shape index (κ2) is 9.34. The van der Waals surface area contributed by atoms with Gasteiger partial charge in [0.05, 0.1) is 0 Å². The first-order valence-corrected chi connectivity index (χ1v) is 9.19. The van der Waals surface area contributed by atoms with Crippen molar-refractivity contribution >= 4 is 23.9 Å². The van der Waals surface area contributed by atoms with Crippen LogP contribution in [0.1, 0.15) is 45.6 Å². The van der Waals surface area contributed by atoms with Crippen LogP contribution < -0.4 is 5.32 Å². The molecule has 0 bridgehead atoms. The zero-order valence-electron chi connectivity index (χ0n) is 16.4. The Morgan fingerprint density at radius 3 is 2.39 bits per heavy atom. The Kier molecular flexibility index (Phi) is 7.14. The van der Waals surface area contributed by atoms with E-state index in [9.17, 15) is 19.2 Å². The third-order valence-corrected chi connectivity index (χ3v) is 4.00. The number of nitrogens with zero attached hydrogens (tertiary/aromatic N) is 1. The first-order chi connectivity index (χ1) is 13.2. The molecule has 1 aliphatic heterocycles. The fraction of sp³-hybridized carbons (Fsp3) is 0.500. The summed E-state index contributed by atoms with van der Waals surface area (Å²) in [7, 11) is 0. The predicted octanol–water partition coefficient (Wildman–Crippen LogP) is 2.16. The number of imide groups is 1. The Balaban J connectivity index is 1.95.